The van der Waals surface area contributed by atoms with E-state index in [1.165, 1.54) is 0 Å². The van der Waals surface area contributed by atoms with Crippen molar-refractivity contribution in [3.05, 3.63) is 108 Å². The zero-order valence-corrected chi connectivity index (χ0v) is 19.7. The van der Waals surface area contributed by atoms with Crippen LogP contribution in [0.4, 0.5) is 0 Å². The summed E-state index contributed by atoms with van der Waals surface area (Å²) in [5.41, 5.74) is 3.12. The maximum absolute atomic E-state index is 11.6. The van der Waals surface area contributed by atoms with Gasteiger partial charge in [-0.1, -0.05) is 91.0 Å². The third-order valence-corrected chi connectivity index (χ3v) is 6.08. The number of aliphatic carboxylic acids is 1. The van der Waals surface area contributed by atoms with Gasteiger partial charge in [0.2, 0.25) is 0 Å². The van der Waals surface area contributed by atoms with Gasteiger partial charge in [-0.3, -0.25) is 4.79 Å². The van der Waals surface area contributed by atoms with Crippen LogP contribution in [0, 0.1) is 5.92 Å². The summed E-state index contributed by atoms with van der Waals surface area (Å²) in [6, 6.07) is 29.7. The highest BCUT2D eigenvalue weighted by molar-refractivity contribution is 5.67. The predicted molar refractivity (Wildman–Crippen MR) is 132 cm³/mol. The molecule has 0 spiro atoms. The van der Waals surface area contributed by atoms with Crippen molar-refractivity contribution < 1.29 is 28.8 Å². The fraction of sp³-hybridized carbons (Fsp3) is 0.345. The Hall–Kier alpha value is -3.03. The zero-order valence-electron chi connectivity index (χ0n) is 19.7. The van der Waals surface area contributed by atoms with Crippen LogP contribution in [0.2, 0.25) is 0 Å². The molecular weight excluding hydrogens is 444 g/mol. The van der Waals surface area contributed by atoms with E-state index in [0.29, 0.717) is 26.4 Å². The highest BCUT2D eigenvalue weighted by atomic mass is 16.6. The average Bonchev–Trinajstić information content (AvgIpc) is 2.89. The van der Waals surface area contributed by atoms with Gasteiger partial charge in [0.1, 0.15) is 12.2 Å². The van der Waals surface area contributed by atoms with E-state index in [2.05, 4.69) is 0 Å². The molecule has 0 aliphatic carbocycles. The Morgan fingerprint density at radius 2 is 1.23 bits per heavy atom. The SMILES string of the molecule is O=C(O)C[C@@H]1CO[C@H](COCc2ccccc2)[C@H](OCc2ccccc2)[C@@H]1OCc1ccccc1. The van der Waals surface area contributed by atoms with Crippen molar-refractivity contribution in [3.8, 4) is 0 Å². The van der Waals surface area contributed by atoms with Crippen LogP contribution in [0.3, 0.4) is 0 Å². The van der Waals surface area contributed by atoms with Crippen LogP contribution < -0.4 is 0 Å². The minimum Gasteiger partial charge on any atom is -0.481 e. The first-order valence-electron chi connectivity index (χ1n) is 11.9. The van der Waals surface area contributed by atoms with Gasteiger partial charge in [-0.15, -0.1) is 0 Å². The van der Waals surface area contributed by atoms with E-state index in [4.69, 9.17) is 18.9 Å². The summed E-state index contributed by atoms with van der Waals surface area (Å²) in [7, 11) is 0. The van der Waals surface area contributed by atoms with E-state index in [-0.39, 0.29) is 25.0 Å². The van der Waals surface area contributed by atoms with Gasteiger partial charge in [-0.25, -0.2) is 0 Å². The highest BCUT2D eigenvalue weighted by Gasteiger charge is 2.43. The van der Waals surface area contributed by atoms with Crippen molar-refractivity contribution in [2.24, 2.45) is 5.92 Å². The molecule has 0 unspecified atom stereocenters. The lowest BCUT2D eigenvalue weighted by molar-refractivity contribution is -0.221. The molecular formula is C29H32O6. The Morgan fingerprint density at radius 1 is 0.743 bits per heavy atom. The molecule has 6 nitrogen and oxygen atoms in total. The molecule has 1 aliphatic heterocycles. The molecule has 0 bridgehead atoms. The number of rotatable bonds is 12. The minimum absolute atomic E-state index is 0.0533. The summed E-state index contributed by atoms with van der Waals surface area (Å²) in [6.07, 6.45) is -1.36. The highest BCUT2D eigenvalue weighted by Crippen LogP contribution is 2.30. The van der Waals surface area contributed by atoms with Crippen molar-refractivity contribution in [1.82, 2.24) is 0 Å². The largest absolute Gasteiger partial charge is 0.481 e. The lowest BCUT2D eigenvalue weighted by Crippen LogP contribution is -2.54. The smallest absolute Gasteiger partial charge is 0.303 e. The summed E-state index contributed by atoms with van der Waals surface area (Å²) in [5, 5.41) is 9.52. The average molecular weight is 477 g/mol. The summed E-state index contributed by atoms with van der Waals surface area (Å²) in [4.78, 5) is 11.6. The standard InChI is InChI=1S/C29H32O6/c30-27(31)16-25-20-33-26(21-32-17-22-10-4-1-5-11-22)29(35-19-24-14-8-3-9-15-24)28(25)34-18-23-12-6-2-7-13-23/h1-15,25-26,28-29H,16-21H2,(H,30,31)/t25-,26-,28-,29+/m1/s1. The zero-order chi connectivity index (χ0) is 24.3. The van der Waals surface area contributed by atoms with E-state index in [1.807, 2.05) is 91.0 Å². The first kappa shape index (κ1) is 25.1. The summed E-state index contributed by atoms with van der Waals surface area (Å²) >= 11 is 0. The second-order valence-corrected chi connectivity index (χ2v) is 8.75. The molecule has 0 saturated carbocycles. The van der Waals surface area contributed by atoms with Gasteiger partial charge in [0.05, 0.1) is 45.6 Å². The third-order valence-electron chi connectivity index (χ3n) is 6.08. The number of ether oxygens (including phenoxy) is 4. The second-order valence-electron chi connectivity index (χ2n) is 8.75. The van der Waals surface area contributed by atoms with Crippen molar-refractivity contribution in [1.29, 1.82) is 0 Å². The molecule has 184 valence electrons. The number of carboxylic acid groups (broad SMARTS) is 1. The Morgan fingerprint density at radius 3 is 1.74 bits per heavy atom. The molecule has 1 N–H and O–H groups in total. The van der Waals surface area contributed by atoms with Crippen molar-refractivity contribution in [2.45, 2.75) is 44.6 Å². The number of hydrogen-bond donors (Lipinski definition) is 1. The number of carbonyl (C=O) groups is 1. The van der Waals surface area contributed by atoms with Gasteiger partial charge >= 0.3 is 5.97 Å². The molecule has 1 heterocycles. The van der Waals surface area contributed by atoms with Crippen molar-refractivity contribution >= 4 is 5.97 Å². The Labute approximate surface area is 206 Å². The van der Waals surface area contributed by atoms with E-state index in [0.717, 1.165) is 16.7 Å². The van der Waals surface area contributed by atoms with E-state index >= 15 is 0 Å². The maximum atomic E-state index is 11.6. The Balaban J connectivity index is 1.49. The molecule has 0 radical (unpaired) electrons. The Bertz CT molecular complexity index is 1010. The van der Waals surface area contributed by atoms with E-state index < -0.39 is 18.2 Å². The van der Waals surface area contributed by atoms with Gasteiger partial charge in [0.25, 0.3) is 0 Å². The molecule has 0 aromatic heterocycles. The van der Waals surface area contributed by atoms with E-state index in [1.54, 1.807) is 0 Å². The monoisotopic (exact) mass is 476 g/mol. The molecule has 1 aliphatic rings. The Kier molecular flexibility index (Phi) is 9.43. The minimum atomic E-state index is -0.882. The normalized spacial score (nSPS) is 22.1. The predicted octanol–water partition coefficient (Wildman–Crippen LogP) is 4.86. The maximum Gasteiger partial charge on any atom is 0.303 e. The molecule has 3 aromatic rings. The van der Waals surface area contributed by atoms with Crippen molar-refractivity contribution in [2.75, 3.05) is 13.2 Å². The van der Waals surface area contributed by atoms with Crippen LogP contribution in [0.15, 0.2) is 91.0 Å². The first-order chi connectivity index (χ1) is 17.2. The summed E-state index contributed by atoms with van der Waals surface area (Å²) in [6.45, 7) is 1.79. The summed E-state index contributed by atoms with van der Waals surface area (Å²) < 4.78 is 24.8. The third kappa shape index (κ3) is 7.73. The van der Waals surface area contributed by atoms with Gasteiger partial charge < -0.3 is 24.1 Å². The van der Waals surface area contributed by atoms with Gasteiger partial charge in [0.15, 0.2) is 0 Å². The topological polar surface area (TPSA) is 74.2 Å². The van der Waals surface area contributed by atoms with Crippen LogP contribution in [0.5, 0.6) is 0 Å². The summed E-state index contributed by atoms with van der Waals surface area (Å²) in [5.74, 6) is -1.21. The van der Waals surface area contributed by atoms with Crippen molar-refractivity contribution in [3.63, 3.8) is 0 Å². The van der Waals surface area contributed by atoms with Crippen LogP contribution >= 0.6 is 0 Å². The van der Waals surface area contributed by atoms with Crippen LogP contribution in [-0.2, 0) is 43.6 Å². The molecule has 1 saturated heterocycles. The van der Waals surface area contributed by atoms with Gasteiger partial charge in [-0.2, -0.15) is 0 Å². The van der Waals surface area contributed by atoms with Crippen LogP contribution in [0.1, 0.15) is 23.1 Å². The van der Waals surface area contributed by atoms with Gasteiger partial charge in [-0.05, 0) is 16.7 Å². The van der Waals surface area contributed by atoms with Gasteiger partial charge in [0, 0.05) is 5.92 Å². The van der Waals surface area contributed by atoms with E-state index in [9.17, 15) is 9.90 Å². The second kappa shape index (κ2) is 13.2. The number of benzene rings is 3. The lowest BCUT2D eigenvalue weighted by Gasteiger charge is -2.42. The lowest BCUT2D eigenvalue weighted by atomic mass is 9.89. The first-order valence-corrected chi connectivity index (χ1v) is 11.9. The molecule has 35 heavy (non-hydrogen) atoms. The molecule has 4 rings (SSSR count). The molecule has 3 aromatic carbocycles. The van der Waals surface area contributed by atoms with Crippen LogP contribution in [0.25, 0.3) is 0 Å². The fourth-order valence-electron chi connectivity index (χ4n) is 4.29. The van der Waals surface area contributed by atoms with Crippen LogP contribution in [-0.4, -0.2) is 42.6 Å². The molecule has 0 amide bonds. The number of hydrogen-bond acceptors (Lipinski definition) is 5. The quantitative estimate of drug-likeness (QED) is 0.402. The molecule has 1 fully saturated rings. The number of carboxylic acids is 1. The fourth-order valence-corrected chi connectivity index (χ4v) is 4.29. The molecule has 4 atom stereocenters. The molecule has 6 heteroatoms.